The van der Waals surface area contributed by atoms with Gasteiger partial charge in [-0.1, -0.05) is 12.1 Å². The Balaban J connectivity index is 1.84. The zero-order valence-corrected chi connectivity index (χ0v) is 9.85. The molecular formula is C12H13FN2S. The minimum atomic E-state index is -0.178. The maximum absolute atomic E-state index is 12.9. The molecule has 0 spiro atoms. The van der Waals surface area contributed by atoms with E-state index in [0.717, 1.165) is 29.4 Å². The maximum Gasteiger partial charge on any atom is 0.182 e. The van der Waals surface area contributed by atoms with Crippen LogP contribution in [0.1, 0.15) is 11.3 Å². The monoisotopic (exact) mass is 236 g/mol. The van der Waals surface area contributed by atoms with Crippen LogP contribution in [0.25, 0.3) is 0 Å². The number of anilines is 1. The van der Waals surface area contributed by atoms with Crippen molar-refractivity contribution < 1.29 is 4.39 Å². The van der Waals surface area contributed by atoms with Crippen molar-refractivity contribution >= 4 is 16.5 Å². The lowest BCUT2D eigenvalue weighted by atomic mass is 10.1. The number of nitrogens with one attached hydrogen (secondary N) is 1. The highest BCUT2D eigenvalue weighted by Gasteiger charge is 1.98. The first kappa shape index (κ1) is 11.1. The highest BCUT2D eigenvalue weighted by molar-refractivity contribution is 7.13. The van der Waals surface area contributed by atoms with Crippen LogP contribution in [0.3, 0.4) is 0 Å². The van der Waals surface area contributed by atoms with Crippen molar-refractivity contribution in [1.82, 2.24) is 4.98 Å². The molecule has 2 aromatic rings. The topological polar surface area (TPSA) is 24.9 Å². The van der Waals surface area contributed by atoms with Gasteiger partial charge in [-0.2, -0.15) is 0 Å². The van der Waals surface area contributed by atoms with Gasteiger partial charge < -0.3 is 5.32 Å². The molecule has 1 aromatic carbocycles. The lowest BCUT2D eigenvalue weighted by molar-refractivity contribution is 0.625. The molecule has 4 heteroatoms. The van der Waals surface area contributed by atoms with E-state index in [2.05, 4.69) is 10.3 Å². The van der Waals surface area contributed by atoms with E-state index in [1.807, 2.05) is 18.4 Å². The Labute approximate surface area is 98.2 Å². The molecule has 0 fully saturated rings. The Morgan fingerprint density at radius 3 is 3.00 bits per heavy atom. The number of aryl methyl sites for hydroxylation is 1. The van der Waals surface area contributed by atoms with Crippen molar-refractivity contribution in [1.29, 1.82) is 0 Å². The predicted octanol–water partition coefficient (Wildman–Crippen LogP) is 3.25. The second-order valence-corrected chi connectivity index (χ2v) is 4.46. The van der Waals surface area contributed by atoms with E-state index in [9.17, 15) is 4.39 Å². The van der Waals surface area contributed by atoms with Gasteiger partial charge in [0.1, 0.15) is 5.82 Å². The van der Waals surface area contributed by atoms with Crippen LogP contribution in [0.15, 0.2) is 29.6 Å². The molecule has 84 valence electrons. The SMILES string of the molecule is Cc1csc(NCCc2cccc(F)c2)n1. The Morgan fingerprint density at radius 1 is 1.44 bits per heavy atom. The van der Waals surface area contributed by atoms with Crippen LogP contribution in [-0.4, -0.2) is 11.5 Å². The number of hydrogen-bond donors (Lipinski definition) is 1. The van der Waals surface area contributed by atoms with Gasteiger partial charge in [-0.3, -0.25) is 0 Å². The molecule has 16 heavy (non-hydrogen) atoms. The molecule has 2 rings (SSSR count). The average Bonchev–Trinajstić information content (AvgIpc) is 2.64. The molecular weight excluding hydrogens is 223 g/mol. The number of aromatic nitrogens is 1. The van der Waals surface area contributed by atoms with Gasteiger partial charge in [-0.25, -0.2) is 9.37 Å². The first-order valence-electron chi connectivity index (χ1n) is 5.14. The molecule has 0 atom stereocenters. The van der Waals surface area contributed by atoms with Gasteiger partial charge in [0.2, 0.25) is 0 Å². The number of thiazole rings is 1. The number of halogens is 1. The molecule has 1 aromatic heterocycles. The quantitative estimate of drug-likeness (QED) is 0.881. The molecule has 0 unspecified atom stereocenters. The molecule has 0 bridgehead atoms. The summed E-state index contributed by atoms with van der Waals surface area (Å²) in [4.78, 5) is 4.29. The molecule has 1 N–H and O–H groups in total. The van der Waals surface area contributed by atoms with Gasteiger partial charge in [0, 0.05) is 11.9 Å². The third kappa shape index (κ3) is 3.03. The van der Waals surface area contributed by atoms with Gasteiger partial charge in [0.25, 0.3) is 0 Å². The van der Waals surface area contributed by atoms with Crippen molar-refractivity contribution in [3.63, 3.8) is 0 Å². The van der Waals surface area contributed by atoms with E-state index in [0.29, 0.717) is 0 Å². The minimum Gasteiger partial charge on any atom is -0.361 e. The van der Waals surface area contributed by atoms with E-state index in [4.69, 9.17) is 0 Å². The van der Waals surface area contributed by atoms with Crippen molar-refractivity contribution in [2.75, 3.05) is 11.9 Å². The lowest BCUT2D eigenvalue weighted by Gasteiger charge is -2.02. The van der Waals surface area contributed by atoms with Crippen LogP contribution in [0.2, 0.25) is 0 Å². The van der Waals surface area contributed by atoms with Crippen molar-refractivity contribution in [3.05, 3.63) is 46.7 Å². The van der Waals surface area contributed by atoms with E-state index in [1.165, 1.54) is 6.07 Å². The summed E-state index contributed by atoms with van der Waals surface area (Å²) in [5, 5.41) is 6.15. The fraction of sp³-hybridized carbons (Fsp3) is 0.250. The van der Waals surface area contributed by atoms with Gasteiger partial charge in [-0.05, 0) is 31.0 Å². The first-order chi connectivity index (χ1) is 7.74. The fourth-order valence-corrected chi connectivity index (χ4v) is 2.16. The standard InChI is InChI=1S/C12H13FN2S/c1-9-8-16-12(15-9)14-6-5-10-3-2-4-11(13)7-10/h2-4,7-8H,5-6H2,1H3,(H,14,15). The summed E-state index contributed by atoms with van der Waals surface area (Å²) in [5.74, 6) is -0.178. The van der Waals surface area contributed by atoms with E-state index >= 15 is 0 Å². The Kier molecular flexibility index (Phi) is 3.51. The minimum absolute atomic E-state index is 0.178. The van der Waals surface area contributed by atoms with E-state index in [-0.39, 0.29) is 5.82 Å². The van der Waals surface area contributed by atoms with Crippen LogP contribution >= 0.6 is 11.3 Å². The fourth-order valence-electron chi connectivity index (χ4n) is 1.44. The summed E-state index contributed by atoms with van der Waals surface area (Å²) in [7, 11) is 0. The van der Waals surface area contributed by atoms with Crippen molar-refractivity contribution in [3.8, 4) is 0 Å². The second-order valence-electron chi connectivity index (χ2n) is 3.60. The summed E-state index contributed by atoms with van der Waals surface area (Å²) in [5.41, 5.74) is 2.03. The van der Waals surface area contributed by atoms with Crippen molar-refractivity contribution in [2.45, 2.75) is 13.3 Å². The Morgan fingerprint density at radius 2 is 2.31 bits per heavy atom. The molecule has 0 radical (unpaired) electrons. The molecule has 2 nitrogen and oxygen atoms in total. The van der Waals surface area contributed by atoms with Gasteiger partial charge >= 0.3 is 0 Å². The summed E-state index contributed by atoms with van der Waals surface area (Å²) in [6, 6.07) is 6.69. The van der Waals surface area contributed by atoms with Crippen LogP contribution in [0.4, 0.5) is 9.52 Å². The molecule has 0 aliphatic rings. The summed E-state index contributed by atoms with van der Waals surface area (Å²) >= 11 is 1.59. The maximum atomic E-state index is 12.9. The number of benzene rings is 1. The number of hydrogen-bond acceptors (Lipinski definition) is 3. The third-order valence-electron chi connectivity index (χ3n) is 2.20. The van der Waals surface area contributed by atoms with Crippen LogP contribution in [0, 0.1) is 12.7 Å². The smallest absolute Gasteiger partial charge is 0.182 e. The number of nitrogens with zero attached hydrogens (tertiary/aromatic N) is 1. The molecule has 0 amide bonds. The summed E-state index contributed by atoms with van der Waals surface area (Å²) in [6.07, 6.45) is 0.802. The number of rotatable bonds is 4. The molecule has 0 aliphatic carbocycles. The molecule has 0 saturated carbocycles. The lowest BCUT2D eigenvalue weighted by Crippen LogP contribution is -2.04. The predicted molar refractivity (Wildman–Crippen MR) is 65.4 cm³/mol. The Bertz CT molecular complexity index is 468. The first-order valence-corrected chi connectivity index (χ1v) is 6.02. The van der Waals surface area contributed by atoms with Gasteiger partial charge in [-0.15, -0.1) is 11.3 Å². The molecule has 0 saturated heterocycles. The molecule has 1 heterocycles. The largest absolute Gasteiger partial charge is 0.361 e. The molecule has 0 aliphatic heterocycles. The second kappa shape index (κ2) is 5.07. The van der Waals surface area contributed by atoms with E-state index in [1.54, 1.807) is 23.5 Å². The van der Waals surface area contributed by atoms with Crippen LogP contribution < -0.4 is 5.32 Å². The zero-order chi connectivity index (χ0) is 11.4. The van der Waals surface area contributed by atoms with Crippen LogP contribution in [0.5, 0.6) is 0 Å². The third-order valence-corrected chi connectivity index (χ3v) is 3.12. The normalized spacial score (nSPS) is 10.4. The van der Waals surface area contributed by atoms with Gasteiger partial charge in [0.05, 0.1) is 5.69 Å². The van der Waals surface area contributed by atoms with Gasteiger partial charge in [0.15, 0.2) is 5.13 Å². The van der Waals surface area contributed by atoms with Crippen LogP contribution in [-0.2, 0) is 6.42 Å². The average molecular weight is 236 g/mol. The zero-order valence-electron chi connectivity index (χ0n) is 9.03. The highest BCUT2D eigenvalue weighted by atomic mass is 32.1. The summed E-state index contributed by atoms with van der Waals surface area (Å²) < 4.78 is 12.9. The van der Waals surface area contributed by atoms with E-state index < -0.39 is 0 Å². The Hall–Kier alpha value is -1.42. The van der Waals surface area contributed by atoms with Crippen molar-refractivity contribution in [2.24, 2.45) is 0 Å². The highest BCUT2D eigenvalue weighted by Crippen LogP contribution is 2.14. The summed E-state index contributed by atoms with van der Waals surface area (Å²) in [6.45, 7) is 2.74.